The van der Waals surface area contributed by atoms with Crippen LogP contribution in [0.4, 0.5) is 5.13 Å². The van der Waals surface area contributed by atoms with E-state index >= 15 is 0 Å². The number of hydrogen-bond donors (Lipinski definition) is 0. The quantitative estimate of drug-likeness (QED) is 0.433. The van der Waals surface area contributed by atoms with Crippen LogP contribution in [-0.2, 0) is 4.74 Å². The van der Waals surface area contributed by atoms with Crippen molar-refractivity contribution in [3.05, 3.63) is 70.1 Å². The van der Waals surface area contributed by atoms with Crippen LogP contribution in [0.15, 0.2) is 57.7 Å². The van der Waals surface area contributed by atoms with Gasteiger partial charge in [0.15, 0.2) is 5.13 Å². The van der Waals surface area contributed by atoms with E-state index in [4.69, 9.17) is 14.1 Å². The van der Waals surface area contributed by atoms with Gasteiger partial charge in [-0.2, -0.15) is 0 Å². The van der Waals surface area contributed by atoms with Crippen molar-refractivity contribution in [3.63, 3.8) is 0 Å². The van der Waals surface area contributed by atoms with Crippen LogP contribution in [0.1, 0.15) is 15.9 Å². The molecular formula is C24H23N3O4S. The third-order valence-electron chi connectivity index (χ3n) is 5.62. The topological polar surface area (TPSA) is 75.9 Å². The number of nitrogens with zero attached hydrogens (tertiary/aromatic N) is 3. The Balaban J connectivity index is 1.52. The molecule has 0 unspecified atom stereocenters. The summed E-state index contributed by atoms with van der Waals surface area (Å²) in [5.41, 5.74) is 1.81. The number of aromatic nitrogens is 1. The first-order valence-electron chi connectivity index (χ1n) is 10.6. The van der Waals surface area contributed by atoms with Crippen LogP contribution in [0, 0.1) is 6.92 Å². The van der Waals surface area contributed by atoms with Gasteiger partial charge in [-0.15, -0.1) is 0 Å². The SMILES string of the molecule is Cc1ccc2nc(N(CCN3CCOCC3)C(=O)c3cc4ccccc4oc3=O)sc2c1. The average molecular weight is 450 g/mol. The van der Waals surface area contributed by atoms with Crippen molar-refractivity contribution in [2.75, 3.05) is 44.3 Å². The molecule has 0 N–H and O–H groups in total. The van der Waals surface area contributed by atoms with Crippen molar-refractivity contribution < 1.29 is 13.9 Å². The smallest absolute Gasteiger partial charge is 0.349 e. The summed E-state index contributed by atoms with van der Waals surface area (Å²) < 4.78 is 11.9. The fourth-order valence-corrected chi connectivity index (χ4v) is 4.93. The summed E-state index contributed by atoms with van der Waals surface area (Å²) in [6.07, 6.45) is 0. The molecule has 2 aromatic heterocycles. The second kappa shape index (κ2) is 8.82. The van der Waals surface area contributed by atoms with E-state index in [-0.39, 0.29) is 5.56 Å². The highest BCUT2D eigenvalue weighted by atomic mass is 32.1. The third-order valence-corrected chi connectivity index (χ3v) is 6.67. The Morgan fingerprint density at radius 3 is 2.81 bits per heavy atom. The van der Waals surface area contributed by atoms with Crippen LogP contribution < -0.4 is 10.5 Å². The van der Waals surface area contributed by atoms with E-state index in [1.165, 1.54) is 11.3 Å². The Morgan fingerprint density at radius 1 is 1.16 bits per heavy atom. The second-order valence-electron chi connectivity index (χ2n) is 7.86. The molecule has 0 bridgehead atoms. The van der Waals surface area contributed by atoms with E-state index in [1.54, 1.807) is 23.1 Å². The van der Waals surface area contributed by atoms with Crippen LogP contribution in [0.2, 0.25) is 0 Å². The fourth-order valence-electron chi connectivity index (χ4n) is 3.84. The van der Waals surface area contributed by atoms with Gasteiger partial charge in [0.25, 0.3) is 5.91 Å². The highest BCUT2D eigenvalue weighted by Crippen LogP contribution is 2.30. The molecule has 2 aromatic carbocycles. The van der Waals surface area contributed by atoms with Crippen LogP contribution in [0.25, 0.3) is 21.2 Å². The highest BCUT2D eigenvalue weighted by Gasteiger charge is 2.26. The molecule has 1 fully saturated rings. The summed E-state index contributed by atoms with van der Waals surface area (Å²) in [5.74, 6) is -0.395. The minimum absolute atomic E-state index is 0.0149. The van der Waals surface area contributed by atoms with Gasteiger partial charge < -0.3 is 9.15 Å². The van der Waals surface area contributed by atoms with Gasteiger partial charge in [-0.3, -0.25) is 14.6 Å². The maximum absolute atomic E-state index is 13.6. The lowest BCUT2D eigenvalue weighted by Gasteiger charge is -2.29. The zero-order chi connectivity index (χ0) is 22.1. The molecule has 5 rings (SSSR count). The molecule has 32 heavy (non-hydrogen) atoms. The van der Waals surface area contributed by atoms with Crippen molar-refractivity contribution in [1.29, 1.82) is 0 Å². The number of para-hydroxylation sites is 1. The zero-order valence-corrected chi connectivity index (χ0v) is 18.6. The number of hydrogen-bond acceptors (Lipinski definition) is 7. The van der Waals surface area contributed by atoms with Crippen molar-refractivity contribution in [1.82, 2.24) is 9.88 Å². The Labute approximate surface area is 188 Å². The first kappa shape index (κ1) is 20.8. The first-order chi connectivity index (χ1) is 15.6. The molecule has 3 heterocycles. The maximum Gasteiger partial charge on any atom is 0.349 e. The summed E-state index contributed by atoms with van der Waals surface area (Å²) in [5, 5.41) is 1.29. The number of ether oxygens (including phenoxy) is 1. The summed E-state index contributed by atoms with van der Waals surface area (Å²) in [4.78, 5) is 34.9. The first-order valence-corrected chi connectivity index (χ1v) is 11.4. The van der Waals surface area contributed by atoms with Crippen molar-refractivity contribution in [2.45, 2.75) is 6.92 Å². The molecule has 0 radical (unpaired) electrons. The van der Waals surface area contributed by atoms with Gasteiger partial charge in [-0.25, -0.2) is 9.78 Å². The van der Waals surface area contributed by atoms with Gasteiger partial charge in [0.1, 0.15) is 11.1 Å². The monoisotopic (exact) mass is 449 g/mol. The Kier molecular flexibility index (Phi) is 5.73. The molecule has 0 spiro atoms. The van der Waals surface area contributed by atoms with Crippen LogP contribution in [-0.4, -0.2) is 55.2 Å². The number of aryl methyl sites for hydroxylation is 1. The van der Waals surface area contributed by atoms with Gasteiger partial charge in [-0.05, 0) is 36.8 Å². The van der Waals surface area contributed by atoms with Crippen LogP contribution in [0.3, 0.4) is 0 Å². The average Bonchev–Trinajstić information content (AvgIpc) is 3.22. The second-order valence-corrected chi connectivity index (χ2v) is 8.87. The van der Waals surface area contributed by atoms with Crippen LogP contribution in [0.5, 0.6) is 0 Å². The van der Waals surface area contributed by atoms with Crippen molar-refractivity contribution in [3.8, 4) is 0 Å². The van der Waals surface area contributed by atoms with Crippen molar-refractivity contribution >= 4 is 43.6 Å². The number of anilines is 1. The van der Waals surface area contributed by atoms with Gasteiger partial charge in [0.05, 0.1) is 23.4 Å². The number of benzene rings is 2. The number of rotatable bonds is 5. The van der Waals surface area contributed by atoms with Gasteiger partial charge in [0, 0.05) is 31.6 Å². The molecule has 0 aliphatic carbocycles. The number of amides is 1. The fraction of sp³-hybridized carbons (Fsp3) is 0.292. The number of thiazole rings is 1. The van der Waals surface area contributed by atoms with E-state index in [9.17, 15) is 9.59 Å². The zero-order valence-electron chi connectivity index (χ0n) is 17.7. The summed E-state index contributed by atoms with van der Waals surface area (Å²) in [6.45, 7) is 6.12. The number of carbonyl (C=O) groups is 1. The third kappa shape index (κ3) is 4.17. The summed E-state index contributed by atoms with van der Waals surface area (Å²) in [6, 6.07) is 14.8. The molecule has 8 heteroatoms. The molecule has 1 aliphatic rings. The molecule has 1 saturated heterocycles. The van der Waals surface area contributed by atoms with E-state index in [1.807, 2.05) is 31.2 Å². The molecular weight excluding hydrogens is 426 g/mol. The summed E-state index contributed by atoms with van der Waals surface area (Å²) in [7, 11) is 0. The van der Waals surface area contributed by atoms with E-state index in [2.05, 4.69) is 11.0 Å². The molecule has 1 amide bonds. The number of morpholine rings is 1. The lowest BCUT2D eigenvalue weighted by atomic mass is 10.1. The Morgan fingerprint density at radius 2 is 1.97 bits per heavy atom. The standard InChI is InChI=1S/C24H23N3O4S/c1-16-6-7-19-21(14-16)32-24(25-19)27(9-8-26-10-12-30-13-11-26)22(28)18-15-17-4-2-3-5-20(17)31-23(18)29/h2-7,14-15H,8-13H2,1H3. The Bertz CT molecular complexity index is 1340. The highest BCUT2D eigenvalue weighted by molar-refractivity contribution is 7.22. The molecule has 4 aromatic rings. The largest absolute Gasteiger partial charge is 0.422 e. The lowest BCUT2D eigenvalue weighted by molar-refractivity contribution is 0.0391. The van der Waals surface area contributed by atoms with Crippen LogP contribution >= 0.6 is 11.3 Å². The van der Waals surface area contributed by atoms with E-state index in [0.29, 0.717) is 42.4 Å². The predicted molar refractivity (Wildman–Crippen MR) is 126 cm³/mol. The normalized spacial score (nSPS) is 14.8. The molecule has 7 nitrogen and oxygen atoms in total. The lowest BCUT2D eigenvalue weighted by Crippen LogP contribution is -2.44. The van der Waals surface area contributed by atoms with Crippen molar-refractivity contribution in [2.24, 2.45) is 0 Å². The minimum atomic E-state index is -0.637. The number of fused-ring (bicyclic) bond motifs is 2. The van der Waals surface area contributed by atoms with Gasteiger partial charge >= 0.3 is 5.63 Å². The minimum Gasteiger partial charge on any atom is -0.422 e. The maximum atomic E-state index is 13.6. The number of carbonyl (C=O) groups excluding carboxylic acids is 1. The van der Waals surface area contributed by atoms with E-state index < -0.39 is 11.5 Å². The van der Waals surface area contributed by atoms with Gasteiger partial charge in [0.2, 0.25) is 0 Å². The van der Waals surface area contributed by atoms with Gasteiger partial charge in [-0.1, -0.05) is 35.6 Å². The molecule has 164 valence electrons. The molecule has 0 saturated carbocycles. The molecule has 0 atom stereocenters. The van der Waals surface area contributed by atoms with E-state index in [0.717, 1.165) is 28.9 Å². The molecule has 1 aliphatic heterocycles. The predicted octanol–water partition coefficient (Wildman–Crippen LogP) is 3.69. The Hall–Kier alpha value is -3.07. The summed E-state index contributed by atoms with van der Waals surface area (Å²) >= 11 is 1.46.